The molecule has 1 N–H and O–H groups in total. The van der Waals surface area contributed by atoms with Crippen LogP contribution in [0.25, 0.3) is 5.69 Å². The normalized spacial score (nSPS) is 10.4. The topological polar surface area (TPSA) is 87.8 Å². The number of halogens is 2. The molecule has 0 saturated heterocycles. The smallest absolute Gasteiger partial charge is 0.292 e. The van der Waals surface area contributed by atoms with Crippen LogP contribution in [0, 0.1) is 31.0 Å². The Bertz CT molecular complexity index is 1150. The van der Waals surface area contributed by atoms with Crippen molar-refractivity contribution in [2.24, 2.45) is 0 Å². The van der Waals surface area contributed by atoms with Gasteiger partial charge in [-0.05, 0) is 49.7 Å². The van der Waals surface area contributed by atoms with Crippen molar-refractivity contribution in [1.82, 2.24) is 15.1 Å². The minimum absolute atomic E-state index is 0.0995. The maximum absolute atomic E-state index is 13.0. The average Bonchev–Trinajstić information content (AvgIpc) is 3.00. The highest BCUT2D eigenvalue weighted by atomic mass is 35.5. The first kappa shape index (κ1) is 20.2. The Morgan fingerprint density at radius 1 is 1.21 bits per heavy atom. The predicted molar refractivity (Wildman–Crippen MR) is 105 cm³/mol. The Labute approximate surface area is 171 Å². The summed E-state index contributed by atoms with van der Waals surface area (Å²) in [5.74, 6) is -1.87. The molecule has 146 valence electrons. The van der Waals surface area contributed by atoms with E-state index in [2.05, 4.69) is 10.4 Å². The average molecular weight is 411 g/mol. The van der Waals surface area contributed by atoms with E-state index < -0.39 is 11.7 Å². The predicted octanol–water partition coefficient (Wildman–Crippen LogP) is 3.65. The summed E-state index contributed by atoms with van der Waals surface area (Å²) in [4.78, 5) is 25.0. The molecule has 1 aromatic heterocycles. The van der Waals surface area contributed by atoms with Crippen molar-refractivity contribution in [1.29, 1.82) is 5.26 Å². The molecule has 3 rings (SSSR count). The van der Waals surface area contributed by atoms with Gasteiger partial charge >= 0.3 is 0 Å². The lowest BCUT2D eigenvalue weighted by Gasteiger charge is -2.07. The summed E-state index contributed by atoms with van der Waals surface area (Å²) in [6, 6.07) is 12.4. The molecule has 0 radical (unpaired) electrons. The number of ketones is 1. The molecule has 0 aliphatic heterocycles. The van der Waals surface area contributed by atoms with Crippen LogP contribution in [-0.2, 0) is 11.3 Å². The molecule has 0 saturated carbocycles. The van der Waals surface area contributed by atoms with Gasteiger partial charge in [0, 0.05) is 6.54 Å². The van der Waals surface area contributed by atoms with Crippen LogP contribution in [0.15, 0.2) is 42.5 Å². The van der Waals surface area contributed by atoms with Crippen LogP contribution in [0.1, 0.15) is 32.9 Å². The molecule has 0 unspecified atom stereocenters. The molecule has 0 aliphatic rings. The minimum Gasteiger partial charge on any atom is -0.345 e. The van der Waals surface area contributed by atoms with E-state index >= 15 is 0 Å². The number of nitriles is 1. The number of amides is 1. The fraction of sp³-hybridized carbons (Fsp3) is 0.143. The van der Waals surface area contributed by atoms with Crippen LogP contribution in [0.2, 0.25) is 5.02 Å². The van der Waals surface area contributed by atoms with E-state index in [1.807, 2.05) is 6.07 Å². The highest BCUT2D eigenvalue weighted by Gasteiger charge is 2.25. The quantitative estimate of drug-likeness (QED) is 0.513. The number of benzene rings is 2. The highest BCUT2D eigenvalue weighted by molar-refractivity contribution is 6.43. The van der Waals surface area contributed by atoms with Gasteiger partial charge in [0.25, 0.3) is 11.7 Å². The molecular formula is C21H16ClFN4O2. The van der Waals surface area contributed by atoms with E-state index in [4.69, 9.17) is 16.9 Å². The van der Waals surface area contributed by atoms with E-state index in [1.165, 1.54) is 28.9 Å². The number of hydrogen-bond acceptors (Lipinski definition) is 4. The van der Waals surface area contributed by atoms with Gasteiger partial charge in [-0.15, -0.1) is 0 Å². The van der Waals surface area contributed by atoms with Crippen molar-refractivity contribution in [3.8, 4) is 11.8 Å². The van der Waals surface area contributed by atoms with Crippen molar-refractivity contribution in [3.05, 3.63) is 81.4 Å². The van der Waals surface area contributed by atoms with Crippen LogP contribution in [0.5, 0.6) is 0 Å². The SMILES string of the molecule is Cc1nn(-c2ccc(C#N)c(Cl)c2)c(C)c1C(=O)C(=O)NCc1ccc(F)cc1. The van der Waals surface area contributed by atoms with Gasteiger partial charge in [0.15, 0.2) is 0 Å². The third kappa shape index (κ3) is 4.18. The summed E-state index contributed by atoms with van der Waals surface area (Å²) in [6.07, 6.45) is 0. The number of carbonyl (C=O) groups is 2. The van der Waals surface area contributed by atoms with Gasteiger partial charge in [-0.3, -0.25) is 9.59 Å². The van der Waals surface area contributed by atoms with Crippen LogP contribution in [0.4, 0.5) is 4.39 Å². The molecule has 6 nitrogen and oxygen atoms in total. The first-order chi connectivity index (χ1) is 13.8. The van der Waals surface area contributed by atoms with Gasteiger partial charge in [-0.25, -0.2) is 9.07 Å². The third-order valence-electron chi connectivity index (χ3n) is 4.41. The van der Waals surface area contributed by atoms with Gasteiger partial charge in [0.1, 0.15) is 11.9 Å². The molecule has 29 heavy (non-hydrogen) atoms. The van der Waals surface area contributed by atoms with Gasteiger partial charge < -0.3 is 5.32 Å². The molecule has 0 spiro atoms. The Hall–Kier alpha value is -3.50. The fourth-order valence-electron chi connectivity index (χ4n) is 2.93. The second-order valence-electron chi connectivity index (χ2n) is 6.37. The van der Waals surface area contributed by atoms with E-state index in [0.29, 0.717) is 28.2 Å². The molecule has 1 heterocycles. The summed E-state index contributed by atoms with van der Waals surface area (Å²) in [5.41, 5.74) is 2.63. The summed E-state index contributed by atoms with van der Waals surface area (Å²) in [6.45, 7) is 3.41. The second-order valence-corrected chi connectivity index (χ2v) is 6.78. The number of hydrogen-bond donors (Lipinski definition) is 1. The molecule has 8 heteroatoms. The zero-order valence-corrected chi connectivity index (χ0v) is 16.4. The molecule has 0 aliphatic carbocycles. The zero-order valence-electron chi connectivity index (χ0n) is 15.7. The largest absolute Gasteiger partial charge is 0.345 e. The molecule has 0 fully saturated rings. The highest BCUT2D eigenvalue weighted by Crippen LogP contribution is 2.23. The molecule has 2 aromatic carbocycles. The molecular weight excluding hydrogens is 395 g/mol. The standard InChI is InChI=1S/C21H16ClFN4O2/c1-12-19(20(28)21(29)25-11-14-3-6-16(23)7-4-14)13(2)27(26-12)17-8-5-15(10-24)18(22)9-17/h3-9H,11H2,1-2H3,(H,25,29). The van der Waals surface area contributed by atoms with Crippen molar-refractivity contribution in [2.45, 2.75) is 20.4 Å². The van der Waals surface area contributed by atoms with Gasteiger partial charge in [-0.2, -0.15) is 10.4 Å². The van der Waals surface area contributed by atoms with Gasteiger partial charge in [-0.1, -0.05) is 23.7 Å². The van der Waals surface area contributed by atoms with Gasteiger partial charge in [0.05, 0.1) is 33.2 Å². The Morgan fingerprint density at radius 2 is 1.90 bits per heavy atom. The number of aryl methyl sites for hydroxylation is 1. The summed E-state index contributed by atoms with van der Waals surface area (Å²) < 4.78 is 14.5. The van der Waals surface area contributed by atoms with E-state index in [-0.39, 0.29) is 22.9 Å². The lowest BCUT2D eigenvalue weighted by atomic mass is 10.1. The number of rotatable bonds is 5. The number of nitrogens with zero attached hydrogens (tertiary/aromatic N) is 3. The van der Waals surface area contributed by atoms with Crippen molar-refractivity contribution >= 4 is 23.3 Å². The lowest BCUT2D eigenvalue weighted by Crippen LogP contribution is -2.31. The minimum atomic E-state index is -0.780. The number of carbonyl (C=O) groups excluding carboxylic acids is 2. The third-order valence-corrected chi connectivity index (χ3v) is 4.72. The van der Waals surface area contributed by atoms with Crippen LogP contribution < -0.4 is 5.32 Å². The monoisotopic (exact) mass is 410 g/mol. The van der Waals surface area contributed by atoms with Crippen LogP contribution in [-0.4, -0.2) is 21.5 Å². The maximum atomic E-state index is 13.0. The Kier molecular flexibility index (Phi) is 5.76. The Morgan fingerprint density at radius 3 is 2.52 bits per heavy atom. The zero-order chi connectivity index (χ0) is 21.1. The van der Waals surface area contributed by atoms with Crippen molar-refractivity contribution < 1.29 is 14.0 Å². The lowest BCUT2D eigenvalue weighted by molar-refractivity contribution is -0.117. The summed E-state index contributed by atoms with van der Waals surface area (Å²) in [5, 5.41) is 16.1. The number of aromatic nitrogens is 2. The first-order valence-corrected chi connectivity index (χ1v) is 9.03. The number of nitrogens with one attached hydrogen (secondary N) is 1. The van der Waals surface area contributed by atoms with Crippen molar-refractivity contribution in [2.75, 3.05) is 0 Å². The molecule has 3 aromatic rings. The second kappa shape index (κ2) is 8.25. The molecule has 1 amide bonds. The molecule has 0 bridgehead atoms. The van der Waals surface area contributed by atoms with E-state index in [1.54, 1.807) is 32.0 Å². The summed E-state index contributed by atoms with van der Waals surface area (Å²) >= 11 is 6.08. The first-order valence-electron chi connectivity index (χ1n) is 8.65. The van der Waals surface area contributed by atoms with Crippen LogP contribution in [0.3, 0.4) is 0 Å². The van der Waals surface area contributed by atoms with Crippen molar-refractivity contribution in [3.63, 3.8) is 0 Å². The summed E-state index contributed by atoms with van der Waals surface area (Å²) in [7, 11) is 0. The molecule has 0 atom stereocenters. The van der Waals surface area contributed by atoms with E-state index in [0.717, 1.165) is 0 Å². The maximum Gasteiger partial charge on any atom is 0.292 e. The Balaban J connectivity index is 1.82. The number of Topliss-reactive ketones (excluding diaryl/α,β-unsaturated/α-hetero) is 1. The van der Waals surface area contributed by atoms with Gasteiger partial charge in [0.2, 0.25) is 0 Å². The van der Waals surface area contributed by atoms with Crippen LogP contribution >= 0.6 is 11.6 Å². The van der Waals surface area contributed by atoms with E-state index in [9.17, 15) is 14.0 Å². The fourth-order valence-corrected chi connectivity index (χ4v) is 3.14.